The molecule has 0 atom stereocenters. The van der Waals surface area contributed by atoms with Gasteiger partial charge in [-0.3, -0.25) is 14.4 Å². The van der Waals surface area contributed by atoms with Crippen molar-refractivity contribution in [2.75, 3.05) is 12.1 Å². The molecule has 1 aliphatic heterocycles. The second-order valence-corrected chi connectivity index (χ2v) is 6.53. The van der Waals surface area contributed by atoms with Gasteiger partial charge in [0.25, 0.3) is 5.91 Å². The summed E-state index contributed by atoms with van der Waals surface area (Å²) in [6.07, 6.45) is 0. The molecule has 0 spiro atoms. The summed E-state index contributed by atoms with van der Waals surface area (Å²) in [5.41, 5.74) is 2.10. The molecule has 0 unspecified atom stereocenters. The third-order valence-electron chi connectivity index (χ3n) is 4.59. The molecular weight excluding hydrogens is 370 g/mol. The molecule has 3 aromatic carbocycles. The number of benzene rings is 3. The molecule has 6 nitrogen and oxygen atoms in total. The standard InChI is InChI=1S/C23H17NO5/c1-14(25)18-11-20-21(29-13-28-20)12-19(18)24-23(27)17-9-7-16(8-10-17)22(26)15-5-3-2-4-6-15/h2-12H,13H2,1H3,(H,24,27). The molecule has 0 saturated carbocycles. The molecular formula is C23H17NO5. The van der Waals surface area contributed by atoms with E-state index in [2.05, 4.69) is 5.32 Å². The Morgan fingerprint density at radius 2 is 1.38 bits per heavy atom. The highest BCUT2D eigenvalue weighted by Gasteiger charge is 2.21. The zero-order valence-corrected chi connectivity index (χ0v) is 15.6. The highest BCUT2D eigenvalue weighted by atomic mass is 16.7. The summed E-state index contributed by atoms with van der Waals surface area (Å²) >= 11 is 0. The number of Topliss-reactive ketones (excluding diaryl/α,β-unsaturated/α-hetero) is 1. The summed E-state index contributed by atoms with van der Waals surface area (Å²) in [5, 5.41) is 2.74. The van der Waals surface area contributed by atoms with Crippen LogP contribution in [0.15, 0.2) is 66.7 Å². The van der Waals surface area contributed by atoms with Crippen LogP contribution in [-0.2, 0) is 0 Å². The molecule has 144 valence electrons. The van der Waals surface area contributed by atoms with E-state index in [-0.39, 0.29) is 18.4 Å². The maximum atomic E-state index is 12.7. The quantitative estimate of drug-likeness (QED) is 0.667. The number of ketones is 2. The van der Waals surface area contributed by atoms with Crippen molar-refractivity contribution in [1.82, 2.24) is 0 Å². The first-order valence-electron chi connectivity index (χ1n) is 8.98. The number of carbonyl (C=O) groups excluding carboxylic acids is 3. The van der Waals surface area contributed by atoms with Gasteiger partial charge in [-0.25, -0.2) is 0 Å². The normalized spacial score (nSPS) is 11.8. The molecule has 1 N–H and O–H groups in total. The highest BCUT2D eigenvalue weighted by molar-refractivity contribution is 6.11. The number of fused-ring (bicyclic) bond motifs is 1. The number of ether oxygens (including phenoxy) is 2. The summed E-state index contributed by atoms with van der Waals surface area (Å²) in [6, 6.07) is 18.4. The monoisotopic (exact) mass is 387 g/mol. The SMILES string of the molecule is CC(=O)c1cc2c(cc1NC(=O)c1ccc(C(=O)c3ccccc3)cc1)OCO2. The van der Waals surface area contributed by atoms with Crippen LogP contribution in [-0.4, -0.2) is 24.3 Å². The van der Waals surface area contributed by atoms with Crippen molar-refractivity contribution in [2.24, 2.45) is 0 Å². The van der Waals surface area contributed by atoms with Crippen LogP contribution in [0.25, 0.3) is 0 Å². The lowest BCUT2D eigenvalue weighted by molar-refractivity contribution is 0.101. The second kappa shape index (κ2) is 7.59. The number of anilines is 1. The van der Waals surface area contributed by atoms with Crippen molar-refractivity contribution in [3.63, 3.8) is 0 Å². The Bertz CT molecular complexity index is 1100. The smallest absolute Gasteiger partial charge is 0.255 e. The fourth-order valence-electron chi connectivity index (χ4n) is 3.06. The van der Waals surface area contributed by atoms with Gasteiger partial charge in [0, 0.05) is 28.3 Å². The molecule has 0 fully saturated rings. The average molecular weight is 387 g/mol. The van der Waals surface area contributed by atoms with Crippen molar-refractivity contribution in [1.29, 1.82) is 0 Å². The molecule has 0 radical (unpaired) electrons. The number of rotatable bonds is 5. The summed E-state index contributed by atoms with van der Waals surface area (Å²) in [4.78, 5) is 37.1. The molecule has 6 heteroatoms. The molecule has 4 rings (SSSR count). The summed E-state index contributed by atoms with van der Waals surface area (Å²) in [7, 11) is 0. The van der Waals surface area contributed by atoms with Crippen molar-refractivity contribution < 1.29 is 23.9 Å². The van der Waals surface area contributed by atoms with Gasteiger partial charge in [0.05, 0.1) is 5.69 Å². The van der Waals surface area contributed by atoms with Gasteiger partial charge in [0.15, 0.2) is 23.1 Å². The Kier molecular flexibility index (Phi) is 4.83. The van der Waals surface area contributed by atoms with E-state index < -0.39 is 5.91 Å². The second-order valence-electron chi connectivity index (χ2n) is 6.53. The van der Waals surface area contributed by atoms with Gasteiger partial charge in [-0.2, -0.15) is 0 Å². The van der Waals surface area contributed by atoms with Crippen LogP contribution >= 0.6 is 0 Å². The number of carbonyl (C=O) groups is 3. The Hall–Kier alpha value is -3.93. The number of hydrogen-bond donors (Lipinski definition) is 1. The van der Waals surface area contributed by atoms with E-state index in [0.717, 1.165) is 0 Å². The van der Waals surface area contributed by atoms with Crippen LogP contribution in [0.5, 0.6) is 11.5 Å². The van der Waals surface area contributed by atoms with E-state index in [0.29, 0.717) is 39.4 Å². The minimum atomic E-state index is -0.398. The van der Waals surface area contributed by atoms with E-state index in [1.807, 2.05) is 6.07 Å². The molecule has 29 heavy (non-hydrogen) atoms. The lowest BCUT2D eigenvalue weighted by atomic mass is 10.0. The minimum absolute atomic E-state index is 0.0704. The Morgan fingerprint density at radius 3 is 2.03 bits per heavy atom. The predicted octanol–water partition coefficient (Wildman–Crippen LogP) is 4.10. The van der Waals surface area contributed by atoms with E-state index in [1.54, 1.807) is 60.7 Å². The molecule has 0 saturated heterocycles. The van der Waals surface area contributed by atoms with Gasteiger partial charge in [-0.05, 0) is 25.1 Å². The third kappa shape index (κ3) is 3.73. The van der Waals surface area contributed by atoms with Gasteiger partial charge in [-0.15, -0.1) is 0 Å². The van der Waals surface area contributed by atoms with E-state index in [1.165, 1.54) is 6.92 Å². The van der Waals surface area contributed by atoms with Crippen molar-refractivity contribution >= 4 is 23.2 Å². The van der Waals surface area contributed by atoms with Crippen LogP contribution in [0.2, 0.25) is 0 Å². The first kappa shape index (κ1) is 18.4. The van der Waals surface area contributed by atoms with Gasteiger partial charge < -0.3 is 14.8 Å². The third-order valence-corrected chi connectivity index (χ3v) is 4.59. The molecule has 0 aromatic heterocycles. The van der Waals surface area contributed by atoms with Crippen molar-refractivity contribution in [3.8, 4) is 11.5 Å². The minimum Gasteiger partial charge on any atom is -0.454 e. The molecule has 1 aliphatic rings. The lowest BCUT2D eigenvalue weighted by Gasteiger charge is -2.11. The maximum absolute atomic E-state index is 12.7. The first-order valence-corrected chi connectivity index (χ1v) is 8.98. The fraction of sp³-hybridized carbons (Fsp3) is 0.0870. The van der Waals surface area contributed by atoms with Crippen LogP contribution in [0.3, 0.4) is 0 Å². The zero-order chi connectivity index (χ0) is 20.4. The fourth-order valence-corrected chi connectivity index (χ4v) is 3.06. The van der Waals surface area contributed by atoms with Crippen LogP contribution in [0.4, 0.5) is 5.69 Å². The highest BCUT2D eigenvalue weighted by Crippen LogP contribution is 2.37. The summed E-state index contributed by atoms with van der Waals surface area (Å²) in [5.74, 6) is 0.214. The van der Waals surface area contributed by atoms with Gasteiger partial charge in [-0.1, -0.05) is 42.5 Å². The molecule has 1 heterocycles. The molecule has 1 amide bonds. The van der Waals surface area contributed by atoms with Crippen LogP contribution in [0.1, 0.15) is 43.6 Å². The van der Waals surface area contributed by atoms with Gasteiger partial charge >= 0.3 is 0 Å². The topological polar surface area (TPSA) is 81.7 Å². The largest absolute Gasteiger partial charge is 0.454 e. The van der Waals surface area contributed by atoms with Gasteiger partial charge in [0.1, 0.15) is 0 Å². The number of hydrogen-bond acceptors (Lipinski definition) is 5. The molecule has 0 bridgehead atoms. The Morgan fingerprint density at radius 1 is 0.793 bits per heavy atom. The lowest BCUT2D eigenvalue weighted by Crippen LogP contribution is -2.14. The predicted molar refractivity (Wildman–Crippen MR) is 107 cm³/mol. The maximum Gasteiger partial charge on any atom is 0.255 e. The average Bonchev–Trinajstić information content (AvgIpc) is 3.20. The number of nitrogens with one attached hydrogen (secondary N) is 1. The van der Waals surface area contributed by atoms with Crippen molar-refractivity contribution in [2.45, 2.75) is 6.92 Å². The van der Waals surface area contributed by atoms with Crippen LogP contribution in [0, 0.1) is 0 Å². The zero-order valence-electron chi connectivity index (χ0n) is 15.6. The van der Waals surface area contributed by atoms with Gasteiger partial charge in [0.2, 0.25) is 6.79 Å². The number of amides is 1. The molecule has 0 aliphatic carbocycles. The van der Waals surface area contributed by atoms with E-state index >= 15 is 0 Å². The molecule has 3 aromatic rings. The van der Waals surface area contributed by atoms with Crippen molar-refractivity contribution in [3.05, 3.63) is 89.0 Å². The van der Waals surface area contributed by atoms with E-state index in [9.17, 15) is 14.4 Å². The van der Waals surface area contributed by atoms with Crippen LogP contribution < -0.4 is 14.8 Å². The first-order chi connectivity index (χ1) is 14.0. The Labute approximate surface area is 167 Å². The van der Waals surface area contributed by atoms with E-state index in [4.69, 9.17) is 9.47 Å². The summed E-state index contributed by atoms with van der Waals surface area (Å²) < 4.78 is 10.6. The summed E-state index contributed by atoms with van der Waals surface area (Å²) in [6.45, 7) is 1.48. The Balaban J connectivity index is 1.55.